The number of ether oxygens (including phenoxy) is 1. The summed E-state index contributed by atoms with van der Waals surface area (Å²) >= 11 is 17.5. The molecule has 1 aromatic heterocycles. The predicted octanol–water partition coefficient (Wildman–Crippen LogP) is 4.92. The van der Waals surface area contributed by atoms with E-state index in [9.17, 15) is 0 Å². The summed E-state index contributed by atoms with van der Waals surface area (Å²) in [7, 11) is 0. The van der Waals surface area contributed by atoms with E-state index in [-0.39, 0.29) is 0 Å². The lowest BCUT2D eigenvalue weighted by atomic mass is 10.3. The molecule has 88 valence electrons. The second-order valence-corrected chi connectivity index (χ2v) is 4.51. The third kappa shape index (κ3) is 3.50. The SMILES string of the molecule is ClCc1cncc(Oc2cc(Cl)cc(Cl)c2)c1. The van der Waals surface area contributed by atoms with Gasteiger partial charge in [-0.25, -0.2) is 0 Å². The molecule has 0 aliphatic heterocycles. The first kappa shape index (κ1) is 12.5. The third-order valence-electron chi connectivity index (χ3n) is 2.00. The van der Waals surface area contributed by atoms with E-state index in [0.29, 0.717) is 27.4 Å². The van der Waals surface area contributed by atoms with Gasteiger partial charge in [-0.2, -0.15) is 0 Å². The minimum atomic E-state index is 0.389. The smallest absolute Gasteiger partial charge is 0.146 e. The first-order valence-corrected chi connectivity index (χ1v) is 6.10. The Morgan fingerprint density at radius 3 is 2.29 bits per heavy atom. The highest BCUT2D eigenvalue weighted by Crippen LogP contribution is 2.28. The average molecular weight is 289 g/mol. The number of hydrogen-bond donors (Lipinski definition) is 0. The molecule has 17 heavy (non-hydrogen) atoms. The summed E-state index contributed by atoms with van der Waals surface area (Å²) < 4.78 is 5.59. The van der Waals surface area contributed by atoms with Gasteiger partial charge >= 0.3 is 0 Å². The summed E-state index contributed by atoms with van der Waals surface area (Å²) in [6.45, 7) is 0. The highest BCUT2D eigenvalue weighted by molar-refractivity contribution is 6.34. The van der Waals surface area contributed by atoms with Crippen LogP contribution in [0.2, 0.25) is 10.0 Å². The molecule has 0 aliphatic rings. The van der Waals surface area contributed by atoms with Gasteiger partial charge in [0, 0.05) is 22.1 Å². The van der Waals surface area contributed by atoms with Crippen LogP contribution < -0.4 is 4.74 Å². The van der Waals surface area contributed by atoms with Crippen LogP contribution in [0.15, 0.2) is 36.7 Å². The molecular formula is C12H8Cl3NO. The van der Waals surface area contributed by atoms with Gasteiger partial charge in [0.15, 0.2) is 0 Å². The van der Waals surface area contributed by atoms with Crippen molar-refractivity contribution in [3.8, 4) is 11.5 Å². The Kier molecular flexibility index (Phi) is 4.11. The molecule has 0 spiro atoms. The van der Waals surface area contributed by atoms with Crippen LogP contribution in [0.3, 0.4) is 0 Å². The van der Waals surface area contributed by atoms with Crippen molar-refractivity contribution < 1.29 is 4.74 Å². The topological polar surface area (TPSA) is 22.1 Å². The van der Waals surface area contributed by atoms with Crippen LogP contribution in [0.1, 0.15) is 5.56 Å². The number of alkyl halides is 1. The standard InChI is InChI=1S/C12H8Cl3NO/c13-5-8-1-12(7-16-6-8)17-11-3-9(14)2-10(15)4-11/h1-4,6-7H,5H2. The molecular weight excluding hydrogens is 280 g/mol. The molecule has 0 amide bonds. The highest BCUT2D eigenvalue weighted by atomic mass is 35.5. The molecule has 1 aromatic carbocycles. The molecule has 0 aliphatic carbocycles. The van der Waals surface area contributed by atoms with Crippen LogP contribution in [0.5, 0.6) is 11.5 Å². The lowest BCUT2D eigenvalue weighted by Crippen LogP contribution is -1.88. The van der Waals surface area contributed by atoms with Crippen molar-refractivity contribution in [1.29, 1.82) is 0 Å². The minimum Gasteiger partial charge on any atom is -0.456 e. The molecule has 0 fully saturated rings. The molecule has 0 atom stereocenters. The van der Waals surface area contributed by atoms with Gasteiger partial charge in [0.05, 0.1) is 6.20 Å². The van der Waals surface area contributed by atoms with Crippen LogP contribution in [-0.4, -0.2) is 4.98 Å². The molecule has 5 heteroatoms. The zero-order chi connectivity index (χ0) is 12.3. The lowest BCUT2D eigenvalue weighted by molar-refractivity contribution is 0.480. The van der Waals surface area contributed by atoms with E-state index in [1.165, 1.54) is 0 Å². The van der Waals surface area contributed by atoms with E-state index in [0.717, 1.165) is 5.56 Å². The number of pyridine rings is 1. The average Bonchev–Trinajstić information content (AvgIpc) is 2.28. The molecule has 0 N–H and O–H groups in total. The van der Waals surface area contributed by atoms with Crippen LogP contribution >= 0.6 is 34.8 Å². The highest BCUT2D eigenvalue weighted by Gasteiger charge is 2.02. The lowest BCUT2D eigenvalue weighted by Gasteiger charge is -2.07. The Bertz CT molecular complexity index is 511. The maximum absolute atomic E-state index is 5.87. The monoisotopic (exact) mass is 287 g/mol. The minimum absolute atomic E-state index is 0.389. The quantitative estimate of drug-likeness (QED) is 0.748. The van der Waals surface area contributed by atoms with Crippen LogP contribution in [0.25, 0.3) is 0 Å². The number of nitrogens with zero attached hydrogens (tertiary/aromatic N) is 1. The van der Waals surface area contributed by atoms with E-state index in [1.807, 2.05) is 6.07 Å². The molecule has 2 nitrogen and oxygen atoms in total. The summed E-state index contributed by atoms with van der Waals surface area (Å²) in [4.78, 5) is 4.02. The Morgan fingerprint density at radius 1 is 0.941 bits per heavy atom. The van der Waals surface area contributed by atoms with E-state index in [4.69, 9.17) is 39.5 Å². The van der Waals surface area contributed by atoms with Gasteiger partial charge in [-0.1, -0.05) is 23.2 Å². The number of aromatic nitrogens is 1. The third-order valence-corrected chi connectivity index (χ3v) is 2.74. The Hall–Kier alpha value is -0.960. The molecule has 2 rings (SSSR count). The van der Waals surface area contributed by atoms with Gasteiger partial charge in [-0.3, -0.25) is 4.98 Å². The largest absolute Gasteiger partial charge is 0.456 e. The summed E-state index contributed by atoms with van der Waals surface area (Å²) in [5, 5.41) is 1.04. The Morgan fingerprint density at radius 2 is 1.65 bits per heavy atom. The van der Waals surface area contributed by atoms with E-state index in [1.54, 1.807) is 30.6 Å². The van der Waals surface area contributed by atoms with E-state index >= 15 is 0 Å². The van der Waals surface area contributed by atoms with Crippen molar-refractivity contribution in [3.63, 3.8) is 0 Å². The fourth-order valence-electron chi connectivity index (χ4n) is 1.32. The molecule has 0 unspecified atom stereocenters. The molecule has 0 saturated heterocycles. The Labute approximate surface area is 114 Å². The van der Waals surface area contributed by atoms with Gasteiger partial charge in [0.2, 0.25) is 0 Å². The van der Waals surface area contributed by atoms with Gasteiger partial charge in [0.25, 0.3) is 0 Å². The molecule has 1 heterocycles. The maximum atomic E-state index is 5.87. The van der Waals surface area contributed by atoms with E-state index in [2.05, 4.69) is 4.98 Å². The van der Waals surface area contributed by atoms with Gasteiger partial charge in [-0.05, 0) is 29.8 Å². The van der Waals surface area contributed by atoms with Crippen molar-refractivity contribution >= 4 is 34.8 Å². The second kappa shape index (κ2) is 5.58. The predicted molar refractivity (Wildman–Crippen MR) is 70.3 cm³/mol. The first-order chi connectivity index (χ1) is 8.17. The van der Waals surface area contributed by atoms with Crippen LogP contribution in [0.4, 0.5) is 0 Å². The summed E-state index contributed by atoms with van der Waals surface area (Å²) in [5.74, 6) is 1.55. The fourth-order valence-corrected chi connectivity index (χ4v) is 1.97. The molecule has 0 saturated carbocycles. The van der Waals surface area contributed by atoms with Crippen molar-refractivity contribution in [2.75, 3.05) is 0 Å². The van der Waals surface area contributed by atoms with Crippen molar-refractivity contribution in [2.45, 2.75) is 5.88 Å². The summed E-state index contributed by atoms with van der Waals surface area (Å²) in [6.07, 6.45) is 3.29. The van der Waals surface area contributed by atoms with Crippen molar-refractivity contribution in [2.24, 2.45) is 0 Å². The van der Waals surface area contributed by atoms with Gasteiger partial charge < -0.3 is 4.74 Å². The van der Waals surface area contributed by atoms with Gasteiger partial charge in [-0.15, -0.1) is 11.6 Å². The van der Waals surface area contributed by atoms with Crippen LogP contribution in [-0.2, 0) is 5.88 Å². The first-order valence-electron chi connectivity index (χ1n) is 4.81. The molecule has 2 aromatic rings. The molecule has 0 bridgehead atoms. The number of hydrogen-bond acceptors (Lipinski definition) is 2. The maximum Gasteiger partial charge on any atom is 0.146 e. The second-order valence-electron chi connectivity index (χ2n) is 3.37. The Balaban J connectivity index is 2.24. The number of rotatable bonds is 3. The number of halogens is 3. The fraction of sp³-hybridized carbons (Fsp3) is 0.0833. The summed E-state index contributed by atoms with van der Waals surface area (Å²) in [5.41, 5.74) is 0.886. The summed E-state index contributed by atoms with van der Waals surface area (Å²) in [6, 6.07) is 6.82. The normalized spacial score (nSPS) is 10.3. The number of benzene rings is 1. The van der Waals surface area contributed by atoms with Crippen LogP contribution in [0, 0.1) is 0 Å². The zero-order valence-electron chi connectivity index (χ0n) is 8.66. The van der Waals surface area contributed by atoms with Gasteiger partial charge in [0.1, 0.15) is 11.5 Å². The van der Waals surface area contributed by atoms with E-state index < -0.39 is 0 Å². The van der Waals surface area contributed by atoms with Crippen molar-refractivity contribution in [1.82, 2.24) is 4.98 Å². The molecule has 0 radical (unpaired) electrons. The van der Waals surface area contributed by atoms with Crippen molar-refractivity contribution in [3.05, 3.63) is 52.3 Å². The zero-order valence-corrected chi connectivity index (χ0v) is 10.9.